The molecule has 0 saturated carbocycles. The molecule has 0 heterocycles. The highest BCUT2D eigenvalue weighted by atomic mass is 14.6. The molecule has 64 valence electrons. The fraction of sp³-hybridized carbons (Fsp3) is 0.600. The van der Waals surface area contributed by atoms with Gasteiger partial charge >= 0.3 is 0 Å². The average molecular weight is 153 g/mol. The normalized spacial score (nSPS) is 18.0. The lowest BCUT2D eigenvalue weighted by Crippen LogP contribution is -2.18. The van der Waals surface area contributed by atoms with Gasteiger partial charge in [0, 0.05) is 6.04 Å². The van der Waals surface area contributed by atoms with Crippen molar-refractivity contribution >= 4 is 0 Å². The van der Waals surface area contributed by atoms with Crippen molar-refractivity contribution in [2.75, 3.05) is 0 Å². The van der Waals surface area contributed by atoms with Gasteiger partial charge in [0.25, 0.3) is 0 Å². The second kappa shape index (κ2) is 6.17. The maximum absolute atomic E-state index is 5.66. The van der Waals surface area contributed by atoms with E-state index in [0.29, 0.717) is 0 Å². The van der Waals surface area contributed by atoms with Crippen LogP contribution in [0.3, 0.4) is 0 Å². The Balaban J connectivity index is 0.000000461. The van der Waals surface area contributed by atoms with Crippen LogP contribution in [0.25, 0.3) is 0 Å². The van der Waals surface area contributed by atoms with E-state index in [1.165, 1.54) is 5.57 Å². The Bertz CT molecular complexity index is 143. The van der Waals surface area contributed by atoms with E-state index in [0.717, 1.165) is 12.8 Å². The van der Waals surface area contributed by atoms with Crippen molar-refractivity contribution in [2.24, 2.45) is 5.73 Å². The van der Waals surface area contributed by atoms with Gasteiger partial charge in [-0.05, 0) is 19.8 Å². The Hall–Kier alpha value is -0.560. The average Bonchev–Trinajstić information content (AvgIpc) is 2.10. The maximum atomic E-state index is 5.66. The predicted octanol–water partition coefficient (Wildman–Crippen LogP) is 2.64. The van der Waals surface area contributed by atoms with E-state index in [1.54, 1.807) is 0 Å². The van der Waals surface area contributed by atoms with Crippen LogP contribution >= 0.6 is 0 Å². The molecule has 1 heteroatoms. The van der Waals surface area contributed by atoms with Gasteiger partial charge in [-0.15, -0.1) is 0 Å². The highest BCUT2D eigenvalue weighted by molar-refractivity contribution is 5.20. The van der Waals surface area contributed by atoms with Crippen molar-refractivity contribution < 1.29 is 0 Å². The van der Waals surface area contributed by atoms with Gasteiger partial charge < -0.3 is 5.73 Å². The number of rotatable bonds is 1. The third-order valence-corrected chi connectivity index (χ3v) is 1.63. The van der Waals surface area contributed by atoms with E-state index in [2.05, 4.69) is 18.2 Å². The highest BCUT2D eigenvalue weighted by Crippen LogP contribution is 2.13. The van der Waals surface area contributed by atoms with E-state index in [1.807, 2.05) is 20.8 Å². The molecule has 2 N–H and O–H groups in total. The lowest BCUT2D eigenvalue weighted by atomic mass is 10.00. The van der Waals surface area contributed by atoms with Crippen LogP contribution in [0.5, 0.6) is 0 Å². The van der Waals surface area contributed by atoms with Crippen molar-refractivity contribution in [3.05, 3.63) is 23.8 Å². The summed E-state index contributed by atoms with van der Waals surface area (Å²) in [7, 11) is 0. The zero-order chi connectivity index (χ0) is 8.69. The summed E-state index contributed by atoms with van der Waals surface area (Å²) in [6.07, 6.45) is 8.68. The van der Waals surface area contributed by atoms with Gasteiger partial charge in [0.1, 0.15) is 0 Å². The van der Waals surface area contributed by atoms with Gasteiger partial charge in [0.15, 0.2) is 0 Å². The molecule has 0 amide bonds. The molecule has 1 aliphatic carbocycles. The quantitative estimate of drug-likeness (QED) is 0.615. The van der Waals surface area contributed by atoms with Crippen LogP contribution in [0.1, 0.15) is 33.6 Å². The minimum Gasteiger partial charge on any atom is -0.324 e. The van der Waals surface area contributed by atoms with E-state index in [-0.39, 0.29) is 6.04 Å². The first kappa shape index (κ1) is 10.4. The summed E-state index contributed by atoms with van der Waals surface area (Å²) >= 11 is 0. The molecule has 1 atom stereocenters. The maximum Gasteiger partial charge on any atom is 0.0227 e. The highest BCUT2D eigenvalue weighted by Gasteiger charge is 2.02. The Morgan fingerprint density at radius 1 is 1.45 bits per heavy atom. The van der Waals surface area contributed by atoms with Gasteiger partial charge in [0.2, 0.25) is 0 Å². The Morgan fingerprint density at radius 2 is 2.09 bits per heavy atom. The van der Waals surface area contributed by atoms with Gasteiger partial charge in [-0.3, -0.25) is 0 Å². The van der Waals surface area contributed by atoms with Crippen LogP contribution < -0.4 is 5.73 Å². The fourth-order valence-electron chi connectivity index (χ4n) is 1.00. The van der Waals surface area contributed by atoms with Crippen molar-refractivity contribution in [3.8, 4) is 0 Å². The molecule has 11 heavy (non-hydrogen) atoms. The SMILES string of the molecule is CC.C[C@@H](N)C1=CC=CCC1. The van der Waals surface area contributed by atoms with E-state index >= 15 is 0 Å². The zero-order valence-corrected chi connectivity index (χ0v) is 7.80. The molecule has 0 spiro atoms. The van der Waals surface area contributed by atoms with Crippen LogP contribution in [0.2, 0.25) is 0 Å². The van der Waals surface area contributed by atoms with Crippen LogP contribution in [0.15, 0.2) is 23.8 Å². The van der Waals surface area contributed by atoms with Gasteiger partial charge in [-0.25, -0.2) is 0 Å². The monoisotopic (exact) mass is 153 g/mol. The third kappa shape index (κ3) is 3.99. The minimum atomic E-state index is 0.245. The summed E-state index contributed by atoms with van der Waals surface area (Å²) in [4.78, 5) is 0. The molecule has 0 saturated heterocycles. The summed E-state index contributed by atoms with van der Waals surface area (Å²) in [6, 6.07) is 0.245. The second-order valence-electron chi connectivity index (χ2n) is 2.50. The number of nitrogens with two attached hydrogens (primary N) is 1. The summed E-state index contributed by atoms with van der Waals surface area (Å²) in [5.74, 6) is 0. The van der Waals surface area contributed by atoms with E-state index in [9.17, 15) is 0 Å². The third-order valence-electron chi connectivity index (χ3n) is 1.63. The molecular formula is C10H19N. The lowest BCUT2D eigenvalue weighted by Gasteiger charge is -2.11. The predicted molar refractivity (Wildman–Crippen MR) is 51.5 cm³/mol. The fourth-order valence-corrected chi connectivity index (χ4v) is 1.00. The summed E-state index contributed by atoms with van der Waals surface area (Å²) in [6.45, 7) is 6.03. The van der Waals surface area contributed by atoms with Gasteiger partial charge in [-0.2, -0.15) is 0 Å². The van der Waals surface area contributed by atoms with Crippen molar-refractivity contribution in [1.82, 2.24) is 0 Å². The molecule has 0 bridgehead atoms. The molecule has 0 unspecified atom stereocenters. The first-order chi connectivity index (χ1) is 5.30. The van der Waals surface area contributed by atoms with Crippen molar-refractivity contribution in [2.45, 2.75) is 39.7 Å². The Morgan fingerprint density at radius 3 is 2.36 bits per heavy atom. The first-order valence-electron chi connectivity index (χ1n) is 4.42. The van der Waals surface area contributed by atoms with Crippen molar-refractivity contribution in [1.29, 1.82) is 0 Å². The Labute approximate surface area is 70.0 Å². The minimum absolute atomic E-state index is 0.245. The standard InChI is InChI=1S/C8H13N.C2H6/c1-7(9)8-5-3-2-4-6-8;1-2/h2-3,5,7H,4,6,9H2,1H3;1-2H3/t7-;/m1./s1. The molecule has 0 radical (unpaired) electrons. The van der Waals surface area contributed by atoms with Crippen LogP contribution in [-0.2, 0) is 0 Å². The van der Waals surface area contributed by atoms with Crippen molar-refractivity contribution in [3.63, 3.8) is 0 Å². The summed E-state index contributed by atoms with van der Waals surface area (Å²) < 4.78 is 0. The largest absolute Gasteiger partial charge is 0.324 e. The molecule has 0 aromatic carbocycles. The second-order valence-corrected chi connectivity index (χ2v) is 2.50. The molecular weight excluding hydrogens is 134 g/mol. The van der Waals surface area contributed by atoms with Crippen LogP contribution in [-0.4, -0.2) is 6.04 Å². The first-order valence-corrected chi connectivity index (χ1v) is 4.42. The molecule has 0 fully saturated rings. The molecule has 0 aromatic heterocycles. The summed E-state index contributed by atoms with van der Waals surface area (Å²) in [5, 5.41) is 0. The topological polar surface area (TPSA) is 26.0 Å². The number of hydrogen-bond donors (Lipinski definition) is 1. The van der Waals surface area contributed by atoms with Crippen LogP contribution in [0, 0.1) is 0 Å². The number of hydrogen-bond acceptors (Lipinski definition) is 1. The number of allylic oxidation sites excluding steroid dienone is 3. The molecule has 1 nitrogen and oxygen atoms in total. The van der Waals surface area contributed by atoms with Crippen LogP contribution in [0.4, 0.5) is 0 Å². The molecule has 0 aromatic rings. The van der Waals surface area contributed by atoms with Gasteiger partial charge in [-0.1, -0.05) is 37.6 Å². The lowest BCUT2D eigenvalue weighted by molar-refractivity contribution is 0.781. The smallest absolute Gasteiger partial charge is 0.0227 e. The van der Waals surface area contributed by atoms with E-state index < -0.39 is 0 Å². The Kier molecular flexibility index (Phi) is 5.86. The molecule has 1 aliphatic rings. The summed E-state index contributed by atoms with van der Waals surface area (Å²) in [5.41, 5.74) is 7.04. The van der Waals surface area contributed by atoms with Gasteiger partial charge in [0.05, 0.1) is 0 Å². The molecule has 1 rings (SSSR count). The zero-order valence-electron chi connectivity index (χ0n) is 7.80. The van der Waals surface area contributed by atoms with E-state index in [4.69, 9.17) is 5.73 Å². The molecule has 0 aliphatic heterocycles.